The number of aromatic nitrogens is 4. The van der Waals surface area contributed by atoms with E-state index in [1.807, 2.05) is 0 Å². The van der Waals surface area contributed by atoms with Crippen LogP contribution in [0.2, 0.25) is 0 Å². The zero-order valence-corrected chi connectivity index (χ0v) is 52.3. The second-order valence-electron chi connectivity index (χ2n) is 18.3. The summed E-state index contributed by atoms with van der Waals surface area (Å²) in [7, 11) is -29.4. The van der Waals surface area contributed by atoms with E-state index < -0.39 is 138 Å². The molecule has 6 unspecified atom stereocenters. The minimum absolute atomic E-state index is 0. The van der Waals surface area contributed by atoms with Gasteiger partial charge in [-0.25, -0.2) is 36.3 Å². The number of carbonyl (C=O) groups is 2. The molecule has 0 aromatic carbocycles. The number of H-pyrrole nitrogens is 2. The number of nitrogens with one attached hydrogen (secondary N) is 2. The van der Waals surface area contributed by atoms with Crippen LogP contribution in [0.15, 0.2) is 31.6 Å². The highest BCUT2D eigenvalue weighted by Crippen LogP contribution is 2.68. The van der Waals surface area contributed by atoms with Crippen LogP contribution < -0.4 is 27.4 Å². The van der Waals surface area contributed by atoms with Crippen molar-refractivity contribution in [2.45, 2.75) is 99.7 Å². The third-order valence-electron chi connectivity index (χ3n) is 9.40. The molecular formula is C40H80N5O29P8-. The molecule has 0 aliphatic carbocycles. The van der Waals surface area contributed by atoms with Crippen molar-refractivity contribution in [2.75, 3.05) is 99.5 Å². The van der Waals surface area contributed by atoms with E-state index in [1.165, 1.54) is 62.1 Å². The van der Waals surface area contributed by atoms with Gasteiger partial charge in [0.25, 0.3) is 11.1 Å². The molecule has 5 N–H and O–H groups in total. The second-order valence-corrected chi connectivity index (χ2v) is 36.1. The largest absolute Gasteiger partial charge is 0.766 e. The van der Waals surface area contributed by atoms with Crippen LogP contribution in [0, 0.1) is 13.8 Å². The molecule has 42 heteroatoms. The highest BCUT2D eigenvalue weighted by Gasteiger charge is 2.41. The Kier molecular flexibility index (Phi) is 32.9. The van der Waals surface area contributed by atoms with Crippen molar-refractivity contribution in [3.05, 3.63) is 65.2 Å². The first kappa shape index (κ1) is 81.6. The Morgan fingerprint density at radius 2 is 0.951 bits per heavy atom. The van der Waals surface area contributed by atoms with E-state index in [2.05, 4.69) is 27.6 Å². The Labute approximate surface area is 474 Å². The van der Waals surface area contributed by atoms with Crippen molar-refractivity contribution < 1.29 is 116 Å². The van der Waals surface area contributed by atoms with Crippen LogP contribution in [0.1, 0.15) is 72.6 Å². The molecule has 0 radical (unpaired) electrons. The van der Waals surface area contributed by atoms with E-state index in [0.717, 1.165) is 51.7 Å². The number of aromatic amines is 2. The highest BCUT2D eigenvalue weighted by molar-refractivity contribution is 7.72. The van der Waals surface area contributed by atoms with Gasteiger partial charge in [0, 0.05) is 110 Å². The molecule has 0 spiro atoms. The molecule has 82 heavy (non-hydrogen) atoms. The van der Waals surface area contributed by atoms with Gasteiger partial charge in [0.2, 0.25) is 22.5 Å². The van der Waals surface area contributed by atoms with Crippen molar-refractivity contribution in [1.29, 1.82) is 0 Å². The lowest BCUT2D eigenvalue weighted by Crippen LogP contribution is -2.39. The van der Waals surface area contributed by atoms with Gasteiger partial charge < -0.3 is 52.3 Å². The van der Waals surface area contributed by atoms with Crippen LogP contribution in [0.25, 0.3) is 0 Å². The molecule has 2 aromatic rings. The van der Waals surface area contributed by atoms with Gasteiger partial charge in [-0.3, -0.25) is 70.0 Å². The summed E-state index contributed by atoms with van der Waals surface area (Å²) in [6, 6.07) is 0. The fourth-order valence-corrected chi connectivity index (χ4v) is 20.2. The standard InChI is InChI=1S/C15H25N2O12P3.C14H22N3O8P.C5H12O5P2.C3H10O4P2.3CH4/c1-9-7-17(15(21)16-14(9)20)13-6-11(19)12(26-13)8-25-30(3,22)28-32(5,24)29-31(4,23)27-10(2)18;1-9-7-17(14(20)15-13(9)19)12-6-10(18)11(25-12)8-24-26(21,22)16-2-4-23-5-3-16;1-5(6)9-12(4,8)10-11(2,3)7;1-8(2,4)7-9(3,5)6;;;/h7,11-13,19H,6,8H2,1-5H3,(H,16,20,21);7,10-12,18H,2-6,8H2,1H3,(H,21,22)(H,15,19,20);1-4H3;1-3H3,(H,5,6);3*1H4/p-1/t11-,12-,13-,30?,31?,32?;10-,11-,12-;;;;;/m11...../s1. The number of aryl methyl sites for hydroxylation is 2. The van der Waals surface area contributed by atoms with Gasteiger partial charge in [-0.2, -0.15) is 0 Å². The maximum atomic E-state index is 12.6. The summed E-state index contributed by atoms with van der Waals surface area (Å²) >= 11 is 0. The predicted molar refractivity (Wildman–Crippen MR) is 300 cm³/mol. The average Bonchev–Trinajstić information content (AvgIpc) is 3.79. The van der Waals surface area contributed by atoms with Gasteiger partial charge in [-0.15, -0.1) is 0 Å². The van der Waals surface area contributed by atoms with Crippen LogP contribution in [-0.2, 0) is 95.7 Å². The first-order valence-corrected chi connectivity index (χ1v) is 39.3. The molecule has 2 aromatic heterocycles. The topological polar surface area (TPSA) is 469 Å². The van der Waals surface area contributed by atoms with E-state index in [1.54, 1.807) is 0 Å². The SMILES string of the molecule is C.C.C.CC(=O)OP(C)(=O)OP(C)(=O)OP(C)(=O)OC[C@H]1O[C@@H](n2cc(C)c(=O)[nH]c2=O)C[C@H]1O.CC(=O)OP(C)(=O)OP(C)(C)=O.CP(C)(=O)OP(C)(=O)O.Cc1cn([C@H]2C[C@@H](O)[C@@H](COP(=O)([O-])N3CCOCC3)O2)c(=O)[nH]c1=O. The predicted octanol–water partition coefficient (Wildman–Crippen LogP) is 5.08. The molecule has 3 aliphatic rings. The molecular weight excluding hydrogens is 1260 g/mol. The zero-order chi connectivity index (χ0) is 61.1. The summed E-state index contributed by atoms with van der Waals surface area (Å²) in [5.41, 5.74) is -1.87. The summed E-state index contributed by atoms with van der Waals surface area (Å²) in [6.45, 7) is 15.3. The first-order valence-electron chi connectivity index (χ1n) is 22.8. The molecule has 5 heterocycles. The van der Waals surface area contributed by atoms with Gasteiger partial charge in [0.1, 0.15) is 24.7 Å². The third kappa shape index (κ3) is 30.8. The number of nitrogens with zero attached hydrogens (tertiary/aromatic N) is 3. The van der Waals surface area contributed by atoms with Crippen molar-refractivity contribution in [3.8, 4) is 0 Å². The number of ether oxygens (including phenoxy) is 3. The molecule has 480 valence electrons. The number of hydrogen-bond acceptors (Lipinski definition) is 28. The number of morpholine rings is 1. The van der Waals surface area contributed by atoms with Gasteiger partial charge in [-0.1, -0.05) is 22.3 Å². The number of aliphatic hydroxyl groups is 2. The van der Waals surface area contributed by atoms with Crippen LogP contribution in [0.5, 0.6) is 0 Å². The van der Waals surface area contributed by atoms with Gasteiger partial charge in [-0.05, 0) is 13.8 Å². The Balaban J connectivity index is 0. The summed E-state index contributed by atoms with van der Waals surface area (Å²) in [6.07, 6.45) is -3.15. The number of rotatable bonds is 19. The minimum Gasteiger partial charge on any atom is -0.766 e. The Morgan fingerprint density at radius 1 is 0.598 bits per heavy atom. The zero-order valence-electron chi connectivity index (χ0n) is 45.2. The van der Waals surface area contributed by atoms with Gasteiger partial charge >= 0.3 is 61.3 Å². The number of aliphatic hydroxyl groups excluding tert-OH is 2. The van der Waals surface area contributed by atoms with Crippen LogP contribution in [-0.4, -0.2) is 175 Å². The number of hydrogen-bond donors (Lipinski definition) is 5. The summed E-state index contributed by atoms with van der Waals surface area (Å²) in [5, 5.41) is 20.3. The molecule has 3 aliphatic heterocycles. The Hall–Kier alpha value is -2.42. The van der Waals surface area contributed by atoms with Gasteiger partial charge in [0.15, 0.2) is 0 Å². The number of carbonyl (C=O) groups excluding carboxylic acids is 2. The fraction of sp³-hybridized carbons (Fsp3) is 0.750. The quantitative estimate of drug-likeness (QED) is 0.114. The summed E-state index contributed by atoms with van der Waals surface area (Å²) in [4.78, 5) is 93.2. The maximum absolute atomic E-state index is 12.6. The molecule has 34 nitrogen and oxygen atoms in total. The maximum Gasteiger partial charge on any atom is 0.385 e. The van der Waals surface area contributed by atoms with Crippen molar-refractivity contribution in [2.24, 2.45) is 0 Å². The normalized spacial score (nSPS) is 24.3. The lowest BCUT2D eigenvalue weighted by Gasteiger charge is -2.37. The summed E-state index contributed by atoms with van der Waals surface area (Å²) < 4.78 is 150. The van der Waals surface area contributed by atoms with Crippen LogP contribution >= 0.6 is 60.5 Å². The second kappa shape index (κ2) is 33.1. The van der Waals surface area contributed by atoms with E-state index >= 15 is 0 Å². The summed E-state index contributed by atoms with van der Waals surface area (Å²) in [5.74, 6) is -1.65. The van der Waals surface area contributed by atoms with E-state index in [9.17, 15) is 80.4 Å². The smallest absolute Gasteiger partial charge is 0.385 e. The van der Waals surface area contributed by atoms with Crippen molar-refractivity contribution >= 4 is 72.4 Å². The molecule has 0 saturated carbocycles. The van der Waals surface area contributed by atoms with Crippen LogP contribution in [0.3, 0.4) is 0 Å². The molecule has 0 amide bonds. The average molecular weight is 1340 g/mol. The van der Waals surface area contributed by atoms with Crippen molar-refractivity contribution in [1.82, 2.24) is 23.8 Å². The van der Waals surface area contributed by atoms with Crippen molar-refractivity contribution in [3.63, 3.8) is 0 Å². The van der Waals surface area contributed by atoms with Gasteiger partial charge in [0.05, 0.1) is 52.0 Å². The third-order valence-corrected chi connectivity index (χ3v) is 23.1. The molecule has 3 saturated heterocycles. The monoisotopic (exact) mass is 1340 g/mol. The van der Waals surface area contributed by atoms with E-state index in [-0.39, 0.29) is 60.4 Å². The lowest BCUT2D eigenvalue weighted by atomic mass is 10.2. The minimum atomic E-state index is -4.27. The van der Waals surface area contributed by atoms with Crippen LogP contribution in [0.4, 0.5) is 0 Å². The lowest BCUT2D eigenvalue weighted by molar-refractivity contribution is -0.218. The molecule has 3 fully saturated rings. The fourth-order valence-electron chi connectivity index (χ4n) is 6.73. The first-order chi connectivity index (χ1) is 35.6. The Morgan fingerprint density at radius 3 is 1.29 bits per heavy atom. The molecule has 5 rings (SSSR count). The van der Waals surface area contributed by atoms with E-state index in [0.29, 0.717) is 18.8 Å². The molecule has 12 atom stereocenters. The highest BCUT2D eigenvalue weighted by atomic mass is 31.3. The Bertz CT molecular complexity index is 3080. The molecule has 0 bridgehead atoms. The van der Waals surface area contributed by atoms with E-state index in [4.69, 9.17) is 36.8 Å².